The summed E-state index contributed by atoms with van der Waals surface area (Å²) in [5.41, 5.74) is 5.42. The van der Waals surface area contributed by atoms with Crippen molar-refractivity contribution < 1.29 is 14.7 Å². The van der Waals surface area contributed by atoms with Crippen LogP contribution in [0.1, 0.15) is 25.5 Å². The third kappa shape index (κ3) is 3.50. The van der Waals surface area contributed by atoms with Crippen molar-refractivity contribution in [3.63, 3.8) is 0 Å². The highest BCUT2D eigenvalue weighted by Crippen LogP contribution is 2.12. The van der Waals surface area contributed by atoms with E-state index in [4.69, 9.17) is 15.7 Å². The van der Waals surface area contributed by atoms with Crippen molar-refractivity contribution in [2.24, 2.45) is 5.16 Å². The summed E-state index contributed by atoms with van der Waals surface area (Å²) in [6.07, 6.45) is 1.79. The van der Waals surface area contributed by atoms with E-state index in [0.717, 1.165) is 24.2 Å². The molecule has 88 valence electrons. The van der Waals surface area contributed by atoms with Crippen LogP contribution in [0.5, 0.6) is 0 Å². The maximum absolute atomic E-state index is 10.9. The number of thiazole rings is 1. The Kier molecular flexibility index (Phi) is 4.71. The molecule has 0 radical (unpaired) electrons. The van der Waals surface area contributed by atoms with Gasteiger partial charge < -0.3 is 15.7 Å². The highest BCUT2D eigenvalue weighted by molar-refractivity contribution is 7.13. The molecular weight excluding hydrogens is 230 g/mol. The van der Waals surface area contributed by atoms with Crippen LogP contribution < -0.4 is 5.73 Å². The molecule has 0 saturated heterocycles. The monoisotopic (exact) mass is 243 g/mol. The average Bonchev–Trinajstić information content (AvgIpc) is 2.64. The molecule has 0 unspecified atom stereocenters. The first-order chi connectivity index (χ1) is 7.65. The first-order valence-corrected chi connectivity index (χ1v) is 5.67. The van der Waals surface area contributed by atoms with Gasteiger partial charge >= 0.3 is 5.97 Å². The molecule has 0 aliphatic rings. The van der Waals surface area contributed by atoms with E-state index < -0.39 is 5.97 Å². The normalized spacial score (nSPS) is 11.4. The zero-order chi connectivity index (χ0) is 12.0. The first kappa shape index (κ1) is 12.4. The van der Waals surface area contributed by atoms with Gasteiger partial charge in [0.25, 0.3) is 0 Å². The summed E-state index contributed by atoms with van der Waals surface area (Å²) in [6, 6.07) is 0. The molecule has 1 aromatic rings. The van der Waals surface area contributed by atoms with Crippen LogP contribution >= 0.6 is 11.3 Å². The molecule has 0 bridgehead atoms. The van der Waals surface area contributed by atoms with E-state index in [2.05, 4.69) is 10.1 Å². The Morgan fingerprint density at radius 1 is 1.75 bits per heavy atom. The Morgan fingerprint density at radius 3 is 3.00 bits per heavy atom. The number of unbranched alkanes of at least 4 members (excludes halogenated alkanes) is 1. The van der Waals surface area contributed by atoms with Crippen molar-refractivity contribution in [2.45, 2.75) is 19.8 Å². The number of hydrogen-bond acceptors (Lipinski definition) is 6. The third-order valence-corrected chi connectivity index (χ3v) is 2.39. The van der Waals surface area contributed by atoms with Gasteiger partial charge in [-0.1, -0.05) is 18.5 Å². The topological polar surface area (TPSA) is 97.8 Å². The molecule has 6 nitrogen and oxygen atoms in total. The predicted molar refractivity (Wildman–Crippen MR) is 61.6 cm³/mol. The lowest BCUT2D eigenvalue weighted by Gasteiger charge is -1.99. The van der Waals surface area contributed by atoms with E-state index in [9.17, 15) is 4.79 Å². The summed E-state index contributed by atoms with van der Waals surface area (Å²) in [5.74, 6) is -1.18. The van der Waals surface area contributed by atoms with Crippen molar-refractivity contribution in [1.29, 1.82) is 0 Å². The number of carboxylic acids is 1. The van der Waals surface area contributed by atoms with Gasteiger partial charge in [0.15, 0.2) is 5.13 Å². The number of carboxylic acid groups (broad SMARTS) is 1. The molecule has 0 aliphatic heterocycles. The number of aliphatic carboxylic acids is 1. The van der Waals surface area contributed by atoms with E-state index in [1.165, 1.54) is 5.38 Å². The van der Waals surface area contributed by atoms with Gasteiger partial charge in [0.1, 0.15) is 12.3 Å². The van der Waals surface area contributed by atoms with Crippen LogP contribution in [-0.2, 0) is 9.63 Å². The zero-order valence-corrected chi connectivity index (χ0v) is 9.66. The molecule has 1 aromatic heterocycles. The van der Waals surface area contributed by atoms with Crippen molar-refractivity contribution >= 4 is 28.1 Å². The molecule has 0 aromatic carbocycles. The third-order valence-electron chi connectivity index (χ3n) is 1.71. The van der Waals surface area contributed by atoms with Crippen LogP contribution in [0.15, 0.2) is 10.5 Å². The molecule has 0 amide bonds. The second-order valence-corrected chi connectivity index (χ2v) is 3.89. The molecule has 16 heavy (non-hydrogen) atoms. The highest BCUT2D eigenvalue weighted by Gasteiger charge is 2.16. The minimum atomic E-state index is -1.18. The van der Waals surface area contributed by atoms with Crippen LogP contribution in [0.3, 0.4) is 0 Å². The van der Waals surface area contributed by atoms with Gasteiger partial charge in [-0.05, 0) is 6.42 Å². The summed E-state index contributed by atoms with van der Waals surface area (Å²) >= 11 is 1.16. The first-order valence-electron chi connectivity index (χ1n) is 4.79. The molecule has 0 aliphatic carbocycles. The fourth-order valence-electron chi connectivity index (χ4n) is 0.911. The molecule has 3 N–H and O–H groups in total. The van der Waals surface area contributed by atoms with Crippen LogP contribution in [0.25, 0.3) is 0 Å². The molecule has 0 fully saturated rings. The Balaban J connectivity index is 2.71. The van der Waals surface area contributed by atoms with Crippen LogP contribution in [0.4, 0.5) is 5.13 Å². The van der Waals surface area contributed by atoms with E-state index >= 15 is 0 Å². The highest BCUT2D eigenvalue weighted by atomic mass is 32.1. The van der Waals surface area contributed by atoms with E-state index in [1.807, 2.05) is 6.92 Å². The summed E-state index contributed by atoms with van der Waals surface area (Å²) < 4.78 is 0. The fourth-order valence-corrected chi connectivity index (χ4v) is 1.46. The van der Waals surface area contributed by atoms with E-state index in [-0.39, 0.29) is 11.4 Å². The molecule has 7 heteroatoms. The second-order valence-electron chi connectivity index (χ2n) is 3.00. The minimum absolute atomic E-state index is 0.218. The number of anilines is 1. The van der Waals surface area contributed by atoms with Crippen LogP contribution in [0.2, 0.25) is 0 Å². The van der Waals surface area contributed by atoms with Crippen LogP contribution in [-0.4, -0.2) is 28.4 Å². The smallest absolute Gasteiger partial charge is 0.360 e. The Morgan fingerprint density at radius 2 is 2.50 bits per heavy atom. The largest absolute Gasteiger partial charge is 0.476 e. The number of hydrogen-bond donors (Lipinski definition) is 2. The summed E-state index contributed by atoms with van der Waals surface area (Å²) in [6.45, 7) is 2.40. The summed E-state index contributed by atoms with van der Waals surface area (Å²) in [7, 11) is 0. The standard InChI is InChI=1S/C9H13N3O3S/c1-2-3-4-15-12-7(8(13)14)6-5-16-9(10)11-6/h5H,2-4H2,1H3,(H2,10,11)(H,13,14)/b12-7-. The number of aromatic nitrogens is 1. The number of nitrogen functional groups attached to an aromatic ring is 1. The quantitative estimate of drug-likeness (QED) is 0.446. The Bertz CT molecular complexity index is 389. The Labute approximate surface area is 96.7 Å². The van der Waals surface area contributed by atoms with E-state index in [1.54, 1.807) is 0 Å². The number of nitrogens with zero attached hydrogens (tertiary/aromatic N) is 2. The maximum atomic E-state index is 10.9. The van der Waals surface area contributed by atoms with Gasteiger partial charge in [-0.15, -0.1) is 11.3 Å². The SMILES string of the molecule is CCCCO/N=C(\C(=O)O)c1csc(N)n1. The fraction of sp³-hybridized carbons (Fsp3) is 0.444. The van der Waals surface area contributed by atoms with E-state index in [0.29, 0.717) is 11.7 Å². The van der Waals surface area contributed by atoms with Gasteiger partial charge in [-0.2, -0.15) is 0 Å². The van der Waals surface area contributed by atoms with Gasteiger partial charge in [-0.3, -0.25) is 0 Å². The average molecular weight is 243 g/mol. The lowest BCUT2D eigenvalue weighted by atomic mass is 10.3. The van der Waals surface area contributed by atoms with Gasteiger partial charge in [-0.25, -0.2) is 9.78 Å². The summed E-state index contributed by atoms with van der Waals surface area (Å²) in [4.78, 5) is 19.6. The number of carbonyl (C=O) groups is 1. The maximum Gasteiger partial charge on any atom is 0.360 e. The second kappa shape index (κ2) is 6.06. The van der Waals surface area contributed by atoms with Gasteiger partial charge in [0.2, 0.25) is 5.71 Å². The summed E-state index contributed by atoms with van der Waals surface area (Å²) in [5, 5.41) is 14.3. The van der Waals surface area contributed by atoms with Gasteiger partial charge in [0, 0.05) is 5.38 Å². The molecule has 0 saturated carbocycles. The minimum Gasteiger partial charge on any atom is -0.476 e. The lowest BCUT2D eigenvalue weighted by Crippen LogP contribution is -2.15. The number of rotatable bonds is 6. The molecule has 1 rings (SSSR count). The molecule has 0 spiro atoms. The van der Waals surface area contributed by atoms with Gasteiger partial charge in [0.05, 0.1) is 0 Å². The van der Waals surface area contributed by atoms with Crippen molar-refractivity contribution in [3.8, 4) is 0 Å². The number of oxime groups is 1. The lowest BCUT2D eigenvalue weighted by molar-refractivity contribution is -0.129. The zero-order valence-electron chi connectivity index (χ0n) is 8.84. The molecule has 1 heterocycles. The van der Waals surface area contributed by atoms with Crippen molar-refractivity contribution in [1.82, 2.24) is 4.98 Å². The van der Waals surface area contributed by atoms with Crippen molar-refractivity contribution in [3.05, 3.63) is 11.1 Å². The predicted octanol–water partition coefficient (Wildman–Crippen LogP) is 1.33. The Hall–Kier alpha value is -1.63. The number of nitrogens with two attached hydrogens (primary N) is 1. The van der Waals surface area contributed by atoms with Crippen LogP contribution in [0, 0.1) is 0 Å². The molecule has 0 atom stereocenters. The molecular formula is C9H13N3O3S. The van der Waals surface area contributed by atoms with Crippen molar-refractivity contribution in [2.75, 3.05) is 12.3 Å².